The Balaban J connectivity index is 2.93. The van der Waals surface area contributed by atoms with E-state index in [-0.39, 0.29) is 16.5 Å². The van der Waals surface area contributed by atoms with Crippen LogP contribution in [-0.2, 0) is 9.59 Å². The molecule has 0 aliphatic rings. The van der Waals surface area contributed by atoms with E-state index in [0.29, 0.717) is 5.69 Å². The van der Waals surface area contributed by atoms with Crippen molar-refractivity contribution in [2.24, 2.45) is 0 Å². The van der Waals surface area contributed by atoms with Gasteiger partial charge in [-0.3, -0.25) is 9.59 Å². The molecule has 20 heavy (non-hydrogen) atoms. The van der Waals surface area contributed by atoms with Gasteiger partial charge in [0.05, 0.1) is 10.6 Å². The van der Waals surface area contributed by atoms with Crippen molar-refractivity contribution in [1.29, 1.82) is 0 Å². The van der Waals surface area contributed by atoms with Gasteiger partial charge in [-0.05, 0) is 18.2 Å². The Hall–Kier alpha value is -2.34. The summed E-state index contributed by atoms with van der Waals surface area (Å²) in [5.74, 6) is -2.13. The number of carbonyl (C=O) groups excluding carboxylic acids is 2. The van der Waals surface area contributed by atoms with Crippen molar-refractivity contribution in [2.75, 3.05) is 19.4 Å². The molecule has 106 valence electrons. The quantitative estimate of drug-likeness (QED) is 0.827. The standard InChI is InChI=1S/C13H13ClN2O4/c1-16(2)13(20)9-7-8(3-4-10(9)14)15-11(17)5-6-12(18)19/h3-7H,1-2H3,(H,15,17)(H,18,19)/b6-5+. The lowest BCUT2D eigenvalue weighted by Gasteiger charge is -2.12. The highest BCUT2D eigenvalue weighted by atomic mass is 35.5. The van der Waals surface area contributed by atoms with Crippen molar-refractivity contribution in [1.82, 2.24) is 4.90 Å². The summed E-state index contributed by atoms with van der Waals surface area (Å²) in [6.07, 6.45) is 1.60. The summed E-state index contributed by atoms with van der Waals surface area (Å²) in [5, 5.41) is 11.1. The number of aliphatic carboxylic acids is 1. The molecule has 1 aromatic rings. The minimum Gasteiger partial charge on any atom is -0.478 e. The number of hydrogen-bond donors (Lipinski definition) is 2. The van der Waals surface area contributed by atoms with E-state index in [4.69, 9.17) is 16.7 Å². The Kier molecular flexibility index (Phi) is 5.28. The summed E-state index contributed by atoms with van der Waals surface area (Å²) >= 11 is 5.92. The topological polar surface area (TPSA) is 86.7 Å². The summed E-state index contributed by atoms with van der Waals surface area (Å²) in [7, 11) is 3.17. The number of halogens is 1. The van der Waals surface area contributed by atoms with Crippen molar-refractivity contribution < 1.29 is 19.5 Å². The van der Waals surface area contributed by atoms with Gasteiger partial charge >= 0.3 is 5.97 Å². The highest BCUT2D eigenvalue weighted by Crippen LogP contribution is 2.21. The van der Waals surface area contributed by atoms with Gasteiger partial charge in [-0.2, -0.15) is 0 Å². The normalized spacial score (nSPS) is 10.3. The molecule has 0 saturated heterocycles. The molecule has 7 heteroatoms. The largest absolute Gasteiger partial charge is 0.478 e. The van der Waals surface area contributed by atoms with E-state index in [0.717, 1.165) is 12.2 Å². The molecule has 2 N–H and O–H groups in total. The number of carboxylic acids is 1. The van der Waals surface area contributed by atoms with Crippen LogP contribution >= 0.6 is 11.6 Å². The molecule has 0 unspecified atom stereocenters. The molecule has 0 atom stereocenters. The fourth-order valence-electron chi connectivity index (χ4n) is 1.34. The first kappa shape index (κ1) is 15.7. The maximum Gasteiger partial charge on any atom is 0.328 e. The summed E-state index contributed by atoms with van der Waals surface area (Å²) < 4.78 is 0. The predicted octanol–water partition coefficient (Wildman–Crippen LogP) is 1.62. The second-order valence-corrected chi connectivity index (χ2v) is 4.46. The number of rotatable bonds is 4. The van der Waals surface area contributed by atoms with Gasteiger partial charge in [0.2, 0.25) is 5.91 Å². The third kappa shape index (κ3) is 4.40. The van der Waals surface area contributed by atoms with Crippen LogP contribution in [0.5, 0.6) is 0 Å². The lowest BCUT2D eigenvalue weighted by atomic mass is 10.1. The Morgan fingerprint density at radius 1 is 1.25 bits per heavy atom. The van der Waals surface area contributed by atoms with E-state index < -0.39 is 11.9 Å². The lowest BCUT2D eigenvalue weighted by Crippen LogP contribution is -2.22. The van der Waals surface area contributed by atoms with Gasteiger partial charge in [-0.1, -0.05) is 11.6 Å². The minimum atomic E-state index is -1.22. The first-order valence-corrected chi connectivity index (χ1v) is 5.92. The number of carbonyl (C=O) groups is 3. The predicted molar refractivity (Wildman–Crippen MR) is 74.9 cm³/mol. The minimum absolute atomic E-state index is 0.247. The van der Waals surface area contributed by atoms with E-state index >= 15 is 0 Å². The van der Waals surface area contributed by atoms with E-state index in [2.05, 4.69) is 5.32 Å². The number of benzene rings is 1. The van der Waals surface area contributed by atoms with Crippen LogP contribution in [-0.4, -0.2) is 41.9 Å². The van der Waals surface area contributed by atoms with Crippen molar-refractivity contribution in [2.45, 2.75) is 0 Å². The SMILES string of the molecule is CN(C)C(=O)c1cc(NC(=O)/C=C/C(=O)O)ccc1Cl. The monoisotopic (exact) mass is 296 g/mol. The van der Waals surface area contributed by atoms with Crippen molar-refractivity contribution in [3.05, 3.63) is 40.9 Å². The number of nitrogens with one attached hydrogen (secondary N) is 1. The van der Waals surface area contributed by atoms with Crippen molar-refractivity contribution >= 4 is 35.1 Å². The van der Waals surface area contributed by atoms with Gasteiger partial charge in [0.15, 0.2) is 0 Å². The molecule has 0 bridgehead atoms. The van der Waals surface area contributed by atoms with Gasteiger partial charge in [0.1, 0.15) is 0 Å². The zero-order valence-corrected chi connectivity index (χ0v) is 11.6. The van der Waals surface area contributed by atoms with Crippen LogP contribution in [0.4, 0.5) is 5.69 Å². The van der Waals surface area contributed by atoms with Crippen LogP contribution in [0.2, 0.25) is 5.02 Å². The molecule has 2 amide bonds. The number of amides is 2. The Labute approximate surface area is 120 Å². The number of carboxylic acid groups (broad SMARTS) is 1. The highest BCUT2D eigenvalue weighted by molar-refractivity contribution is 6.34. The maximum atomic E-state index is 11.9. The maximum absolute atomic E-state index is 11.9. The number of nitrogens with zero attached hydrogens (tertiary/aromatic N) is 1. The fraction of sp³-hybridized carbons (Fsp3) is 0.154. The molecule has 0 aromatic heterocycles. The zero-order chi connectivity index (χ0) is 15.3. The lowest BCUT2D eigenvalue weighted by molar-refractivity contribution is -0.131. The molecule has 0 fully saturated rings. The second kappa shape index (κ2) is 6.72. The molecular formula is C13H13ClN2O4. The zero-order valence-electron chi connectivity index (χ0n) is 10.9. The summed E-state index contributed by atoms with van der Waals surface area (Å²) in [5.41, 5.74) is 0.594. The van der Waals surface area contributed by atoms with Gasteiger partial charge in [0, 0.05) is 31.9 Å². The van der Waals surface area contributed by atoms with Gasteiger partial charge in [0.25, 0.3) is 5.91 Å². The number of hydrogen-bond acceptors (Lipinski definition) is 3. The van der Waals surface area contributed by atoms with Crippen molar-refractivity contribution in [3.63, 3.8) is 0 Å². The fourth-order valence-corrected chi connectivity index (χ4v) is 1.54. The van der Waals surface area contributed by atoms with E-state index in [9.17, 15) is 14.4 Å². The highest BCUT2D eigenvalue weighted by Gasteiger charge is 2.13. The summed E-state index contributed by atoms with van der Waals surface area (Å²) in [4.78, 5) is 34.9. The van der Waals surface area contributed by atoms with Gasteiger partial charge in [-0.25, -0.2) is 4.79 Å². The molecule has 6 nitrogen and oxygen atoms in total. The molecule has 0 aliphatic heterocycles. The van der Waals surface area contributed by atoms with E-state index in [1.807, 2.05) is 0 Å². The molecule has 0 spiro atoms. The van der Waals surface area contributed by atoms with Crippen LogP contribution in [0.3, 0.4) is 0 Å². The Morgan fingerprint density at radius 3 is 2.45 bits per heavy atom. The van der Waals surface area contributed by atoms with E-state index in [1.54, 1.807) is 14.1 Å². The molecule has 1 aromatic carbocycles. The summed E-state index contributed by atoms with van der Waals surface area (Å²) in [6.45, 7) is 0. The smallest absolute Gasteiger partial charge is 0.328 e. The van der Waals surface area contributed by atoms with Crippen LogP contribution in [0.1, 0.15) is 10.4 Å². The molecular weight excluding hydrogens is 284 g/mol. The van der Waals surface area contributed by atoms with Gasteiger partial charge in [-0.15, -0.1) is 0 Å². The average molecular weight is 297 g/mol. The molecule has 0 saturated carbocycles. The molecule has 0 heterocycles. The average Bonchev–Trinajstić information content (AvgIpc) is 2.37. The molecule has 0 aliphatic carbocycles. The van der Waals surface area contributed by atoms with Gasteiger partial charge < -0.3 is 15.3 Å². The Morgan fingerprint density at radius 2 is 1.90 bits per heavy atom. The molecule has 1 rings (SSSR count). The molecule has 0 radical (unpaired) electrons. The third-order valence-electron chi connectivity index (χ3n) is 2.25. The summed E-state index contributed by atoms with van der Waals surface area (Å²) in [6, 6.07) is 4.42. The van der Waals surface area contributed by atoms with Crippen molar-refractivity contribution in [3.8, 4) is 0 Å². The van der Waals surface area contributed by atoms with Crippen LogP contribution in [0.15, 0.2) is 30.4 Å². The Bertz CT molecular complexity index is 582. The first-order valence-electron chi connectivity index (χ1n) is 5.54. The van der Waals surface area contributed by atoms with E-state index in [1.165, 1.54) is 23.1 Å². The number of anilines is 1. The second-order valence-electron chi connectivity index (χ2n) is 4.06. The van der Waals surface area contributed by atoms with Crippen LogP contribution in [0, 0.1) is 0 Å². The van der Waals surface area contributed by atoms with Crippen LogP contribution in [0.25, 0.3) is 0 Å². The third-order valence-corrected chi connectivity index (χ3v) is 2.58. The first-order chi connectivity index (χ1) is 9.31. The van der Waals surface area contributed by atoms with Crippen LogP contribution < -0.4 is 5.32 Å².